The Hall–Kier alpha value is -1.33. The Labute approximate surface area is 110 Å². The van der Waals surface area contributed by atoms with Crippen LogP contribution in [-0.4, -0.2) is 30.7 Å². The maximum Gasteiger partial charge on any atom is 0.184 e. The zero-order chi connectivity index (χ0) is 12.4. The van der Waals surface area contributed by atoms with Crippen molar-refractivity contribution in [1.82, 2.24) is 10.3 Å². The zero-order valence-electron chi connectivity index (χ0n) is 10.4. The maximum absolute atomic E-state index is 5.61. The fourth-order valence-electron chi connectivity index (χ4n) is 2.21. The van der Waals surface area contributed by atoms with E-state index in [1.54, 1.807) is 11.3 Å². The predicted octanol–water partition coefficient (Wildman–Crippen LogP) is 2.47. The molecule has 1 saturated heterocycles. The van der Waals surface area contributed by atoms with Crippen LogP contribution in [0.2, 0.25) is 0 Å². The van der Waals surface area contributed by atoms with Crippen LogP contribution in [0.15, 0.2) is 18.2 Å². The molecule has 2 aromatic rings. The second-order valence-electron chi connectivity index (χ2n) is 4.39. The second kappa shape index (κ2) is 5.12. The molecule has 0 radical (unpaired) electrons. The molecule has 96 valence electrons. The smallest absolute Gasteiger partial charge is 0.184 e. The molecule has 4 nitrogen and oxygen atoms in total. The molecule has 0 spiro atoms. The molecule has 18 heavy (non-hydrogen) atoms. The van der Waals surface area contributed by atoms with Gasteiger partial charge in [-0.1, -0.05) is 17.4 Å². The van der Waals surface area contributed by atoms with Gasteiger partial charge in [0.2, 0.25) is 0 Å². The summed E-state index contributed by atoms with van der Waals surface area (Å²) in [5.74, 6) is 0.879. The molecule has 1 unspecified atom stereocenters. The van der Waals surface area contributed by atoms with Crippen molar-refractivity contribution in [3.8, 4) is 5.75 Å². The molecule has 0 saturated carbocycles. The number of fused-ring (bicyclic) bond motifs is 1. The first-order valence-corrected chi connectivity index (χ1v) is 7.18. The number of benzene rings is 1. The number of anilines is 1. The van der Waals surface area contributed by atoms with E-state index in [2.05, 4.69) is 21.7 Å². The largest absolute Gasteiger partial charge is 0.492 e. The van der Waals surface area contributed by atoms with Crippen LogP contribution in [0.4, 0.5) is 5.13 Å². The van der Waals surface area contributed by atoms with E-state index in [9.17, 15) is 0 Å². The predicted molar refractivity (Wildman–Crippen MR) is 75.7 cm³/mol. The van der Waals surface area contributed by atoms with Crippen molar-refractivity contribution in [2.24, 2.45) is 0 Å². The van der Waals surface area contributed by atoms with E-state index in [1.165, 1.54) is 4.70 Å². The Balaban J connectivity index is 1.87. The van der Waals surface area contributed by atoms with E-state index < -0.39 is 0 Å². The Morgan fingerprint density at radius 2 is 2.50 bits per heavy atom. The summed E-state index contributed by atoms with van der Waals surface area (Å²) >= 11 is 1.69. The van der Waals surface area contributed by atoms with Gasteiger partial charge in [-0.15, -0.1) is 0 Å². The molecule has 5 heteroatoms. The van der Waals surface area contributed by atoms with Crippen molar-refractivity contribution < 1.29 is 4.74 Å². The van der Waals surface area contributed by atoms with Crippen LogP contribution in [0.5, 0.6) is 5.75 Å². The third-order valence-electron chi connectivity index (χ3n) is 3.07. The fraction of sp³-hybridized carbons (Fsp3) is 0.462. The van der Waals surface area contributed by atoms with E-state index in [0.29, 0.717) is 12.6 Å². The highest BCUT2D eigenvalue weighted by atomic mass is 32.1. The number of aromatic nitrogens is 1. The lowest BCUT2D eigenvalue weighted by molar-refractivity contribution is 0.344. The summed E-state index contributed by atoms with van der Waals surface area (Å²) < 4.78 is 6.78. The summed E-state index contributed by atoms with van der Waals surface area (Å²) in [4.78, 5) is 4.65. The van der Waals surface area contributed by atoms with Crippen molar-refractivity contribution in [2.45, 2.75) is 19.4 Å². The lowest BCUT2D eigenvalue weighted by atomic mass is 10.3. The molecule has 1 aliphatic heterocycles. The van der Waals surface area contributed by atoms with E-state index >= 15 is 0 Å². The van der Waals surface area contributed by atoms with E-state index in [1.807, 2.05) is 19.1 Å². The minimum absolute atomic E-state index is 0.501. The highest BCUT2D eigenvalue weighted by Gasteiger charge is 2.16. The van der Waals surface area contributed by atoms with Gasteiger partial charge in [-0.05, 0) is 32.0 Å². The number of nitrogens with one attached hydrogen (secondary N) is 2. The third-order valence-corrected chi connectivity index (χ3v) is 4.02. The Bertz CT molecular complexity index is 534. The van der Waals surface area contributed by atoms with Gasteiger partial charge in [0.15, 0.2) is 5.13 Å². The number of thiazole rings is 1. The summed E-state index contributed by atoms with van der Waals surface area (Å²) in [6, 6.07) is 6.59. The van der Waals surface area contributed by atoms with Crippen LogP contribution in [0.3, 0.4) is 0 Å². The Kier molecular flexibility index (Phi) is 3.34. The third kappa shape index (κ3) is 2.28. The normalized spacial score (nSPS) is 19.3. The number of ether oxygens (including phenoxy) is 1. The first kappa shape index (κ1) is 11.7. The number of hydrogen-bond donors (Lipinski definition) is 2. The molecule has 1 aromatic carbocycles. The monoisotopic (exact) mass is 263 g/mol. The molecule has 1 fully saturated rings. The minimum atomic E-state index is 0.501. The number of hydrogen-bond acceptors (Lipinski definition) is 5. The Morgan fingerprint density at radius 1 is 1.56 bits per heavy atom. The molecule has 1 atom stereocenters. The van der Waals surface area contributed by atoms with Gasteiger partial charge in [0, 0.05) is 12.6 Å². The molecular formula is C13H17N3OS. The molecule has 2 heterocycles. The number of rotatable bonds is 4. The van der Waals surface area contributed by atoms with Crippen LogP contribution < -0.4 is 15.4 Å². The van der Waals surface area contributed by atoms with Gasteiger partial charge in [0.25, 0.3) is 0 Å². The summed E-state index contributed by atoms with van der Waals surface area (Å²) in [6.07, 6.45) is 1.16. The van der Waals surface area contributed by atoms with Crippen molar-refractivity contribution in [1.29, 1.82) is 0 Å². The lowest BCUT2D eigenvalue weighted by Gasteiger charge is -2.08. The van der Waals surface area contributed by atoms with E-state index in [4.69, 9.17) is 4.74 Å². The minimum Gasteiger partial charge on any atom is -0.492 e. The first-order chi connectivity index (χ1) is 8.86. The number of nitrogens with zero attached hydrogens (tertiary/aromatic N) is 1. The quantitative estimate of drug-likeness (QED) is 0.889. The van der Waals surface area contributed by atoms with Crippen molar-refractivity contribution in [2.75, 3.05) is 25.0 Å². The molecule has 0 amide bonds. The van der Waals surface area contributed by atoms with Gasteiger partial charge in [-0.25, -0.2) is 4.98 Å². The zero-order valence-corrected chi connectivity index (χ0v) is 11.2. The van der Waals surface area contributed by atoms with E-state index in [-0.39, 0.29) is 0 Å². The summed E-state index contributed by atoms with van der Waals surface area (Å²) in [5.41, 5.74) is 0.970. The maximum atomic E-state index is 5.61. The standard InChI is InChI=1S/C13H17N3OS/c1-2-17-10-4-3-5-11-12(10)16-13(18-11)15-9-6-7-14-8-9/h3-5,9,14H,2,6-8H2,1H3,(H,15,16). The fourth-order valence-corrected chi connectivity index (χ4v) is 3.17. The van der Waals surface area contributed by atoms with Crippen molar-refractivity contribution in [3.63, 3.8) is 0 Å². The van der Waals surface area contributed by atoms with Crippen LogP contribution >= 0.6 is 11.3 Å². The molecule has 0 aliphatic carbocycles. The van der Waals surface area contributed by atoms with Crippen molar-refractivity contribution in [3.05, 3.63) is 18.2 Å². The van der Waals surface area contributed by atoms with Gasteiger partial charge in [-0.3, -0.25) is 0 Å². The SMILES string of the molecule is CCOc1cccc2sc(NC3CCNC3)nc12. The molecular weight excluding hydrogens is 246 g/mol. The van der Waals surface area contributed by atoms with Crippen LogP contribution in [0, 0.1) is 0 Å². The molecule has 3 rings (SSSR count). The van der Waals surface area contributed by atoms with Gasteiger partial charge >= 0.3 is 0 Å². The average molecular weight is 263 g/mol. The topological polar surface area (TPSA) is 46.2 Å². The van der Waals surface area contributed by atoms with Gasteiger partial charge < -0.3 is 15.4 Å². The summed E-state index contributed by atoms with van der Waals surface area (Å²) in [7, 11) is 0. The van der Waals surface area contributed by atoms with Crippen LogP contribution in [0.25, 0.3) is 10.2 Å². The second-order valence-corrected chi connectivity index (χ2v) is 5.42. The lowest BCUT2D eigenvalue weighted by Crippen LogP contribution is -2.21. The van der Waals surface area contributed by atoms with E-state index in [0.717, 1.165) is 35.9 Å². The highest BCUT2D eigenvalue weighted by Crippen LogP contribution is 2.32. The molecule has 1 aliphatic rings. The molecule has 1 aromatic heterocycles. The first-order valence-electron chi connectivity index (χ1n) is 6.36. The highest BCUT2D eigenvalue weighted by molar-refractivity contribution is 7.22. The average Bonchev–Trinajstić information content (AvgIpc) is 2.99. The molecule has 0 bridgehead atoms. The summed E-state index contributed by atoms with van der Waals surface area (Å²) in [5, 5.41) is 7.83. The Morgan fingerprint density at radius 3 is 3.28 bits per heavy atom. The van der Waals surface area contributed by atoms with Gasteiger partial charge in [0.05, 0.1) is 11.3 Å². The van der Waals surface area contributed by atoms with Crippen LogP contribution in [-0.2, 0) is 0 Å². The van der Waals surface area contributed by atoms with Crippen molar-refractivity contribution >= 4 is 26.7 Å². The van der Waals surface area contributed by atoms with Crippen LogP contribution in [0.1, 0.15) is 13.3 Å². The van der Waals surface area contributed by atoms with Gasteiger partial charge in [0.1, 0.15) is 11.3 Å². The number of para-hydroxylation sites is 1. The molecule has 2 N–H and O–H groups in total. The summed E-state index contributed by atoms with van der Waals surface area (Å²) in [6.45, 7) is 4.78. The van der Waals surface area contributed by atoms with Gasteiger partial charge in [-0.2, -0.15) is 0 Å².